The van der Waals surface area contributed by atoms with Crippen molar-refractivity contribution in [3.8, 4) is 0 Å². The van der Waals surface area contributed by atoms with E-state index in [1.165, 1.54) is 5.56 Å². The zero-order valence-electron chi connectivity index (χ0n) is 9.06. The second kappa shape index (κ2) is 4.48. The Morgan fingerprint density at radius 1 is 1.12 bits per heavy atom. The van der Waals surface area contributed by atoms with E-state index in [9.17, 15) is 5.11 Å². The lowest BCUT2D eigenvalue weighted by Gasteiger charge is -2.13. The minimum Gasteiger partial charge on any atom is -0.384 e. The van der Waals surface area contributed by atoms with Gasteiger partial charge in [-0.05, 0) is 34.9 Å². The van der Waals surface area contributed by atoms with Crippen molar-refractivity contribution in [2.45, 2.75) is 16.8 Å². The van der Waals surface area contributed by atoms with Gasteiger partial charge >= 0.3 is 0 Å². The van der Waals surface area contributed by atoms with Crippen LogP contribution in [0.2, 0.25) is 0 Å². The average molecular weight is 307 g/mol. The molecule has 1 atom stereocenters. The molecule has 17 heavy (non-hydrogen) atoms. The summed E-state index contributed by atoms with van der Waals surface area (Å²) in [4.78, 5) is 1.16. The third-order valence-electron chi connectivity index (χ3n) is 3.00. The van der Waals surface area contributed by atoms with Gasteiger partial charge in [0.2, 0.25) is 0 Å². The molecule has 2 aromatic carbocycles. The van der Waals surface area contributed by atoms with Gasteiger partial charge in [0.1, 0.15) is 6.10 Å². The van der Waals surface area contributed by atoms with Gasteiger partial charge in [0.15, 0.2) is 0 Å². The second-order valence-corrected chi connectivity index (χ2v) is 6.01. The number of halogens is 1. The van der Waals surface area contributed by atoms with Gasteiger partial charge in [-0.3, -0.25) is 0 Å². The van der Waals surface area contributed by atoms with Crippen LogP contribution in [0.5, 0.6) is 0 Å². The topological polar surface area (TPSA) is 20.2 Å². The highest BCUT2D eigenvalue weighted by Gasteiger charge is 2.21. The number of hydrogen-bond donors (Lipinski definition) is 1. The molecule has 0 aromatic heterocycles. The summed E-state index contributed by atoms with van der Waals surface area (Å²) in [6.07, 6.45) is -0.520. The molecule has 0 saturated heterocycles. The fourth-order valence-electron chi connectivity index (χ4n) is 2.12. The van der Waals surface area contributed by atoms with Crippen LogP contribution in [0.25, 0.3) is 0 Å². The molecular weight excluding hydrogens is 296 g/mol. The van der Waals surface area contributed by atoms with Crippen LogP contribution in [0.15, 0.2) is 51.8 Å². The molecular formula is C14H11BrOS. The molecule has 0 spiro atoms. The molecule has 1 aliphatic rings. The normalized spacial score (nSPS) is 18.1. The molecule has 1 nitrogen and oxygen atoms in total. The SMILES string of the molecule is OC1c2ccccc2CSc2ccc(Br)cc21. The lowest BCUT2D eigenvalue weighted by Crippen LogP contribution is -2.01. The van der Waals surface area contributed by atoms with E-state index in [0.717, 1.165) is 26.2 Å². The summed E-state index contributed by atoms with van der Waals surface area (Å²) in [5, 5.41) is 10.5. The van der Waals surface area contributed by atoms with E-state index in [1.807, 2.05) is 30.3 Å². The molecule has 2 aromatic rings. The molecule has 0 fully saturated rings. The highest BCUT2D eigenvalue weighted by molar-refractivity contribution is 9.10. The molecule has 0 bridgehead atoms. The zero-order valence-corrected chi connectivity index (χ0v) is 11.5. The van der Waals surface area contributed by atoms with E-state index in [2.05, 4.69) is 28.1 Å². The van der Waals surface area contributed by atoms with Crippen molar-refractivity contribution >= 4 is 27.7 Å². The number of hydrogen-bond acceptors (Lipinski definition) is 2. The Hall–Kier alpha value is -0.770. The molecule has 3 rings (SSSR count). The summed E-state index contributed by atoms with van der Waals surface area (Å²) in [5.41, 5.74) is 3.24. The number of fused-ring (bicyclic) bond motifs is 2. The Morgan fingerprint density at radius 3 is 2.82 bits per heavy atom. The molecule has 1 heterocycles. The second-order valence-electron chi connectivity index (χ2n) is 4.07. The molecule has 0 radical (unpaired) electrons. The lowest BCUT2D eigenvalue weighted by atomic mass is 9.98. The van der Waals surface area contributed by atoms with Crippen LogP contribution in [0.1, 0.15) is 22.8 Å². The van der Waals surface area contributed by atoms with E-state index in [1.54, 1.807) is 11.8 Å². The molecule has 0 amide bonds. The summed E-state index contributed by atoms with van der Waals surface area (Å²) in [7, 11) is 0. The Bertz CT molecular complexity index is 568. The fourth-order valence-corrected chi connectivity index (χ4v) is 3.57. The van der Waals surface area contributed by atoms with Crippen LogP contribution in [0, 0.1) is 0 Å². The average Bonchev–Trinajstić information content (AvgIpc) is 2.49. The summed E-state index contributed by atoms with van der Waals surface area (Å²) in [5.74, 6) is 0.919. The van der Waals surface area contributed by atoms with E-state index in [-0.39, 0.29) is 0 Å². The molecule has 1 unspecified atom stereocenters. The summed E-state index contributed by atoms with van der Waals surface area (Å²) in [6.45, 7) is 0. The number of aliphatic hydroxyl groups excluding tert-OH is 1. The van der Waals surface area contributed by atoms with E-state index in [0.29, 0.717) is 0 Å². The quantitative estimate of drug-likeness (QED) is 0.789. The number of benzene rings is 2. The molecule has 0 saturated carbocycles. The van der Waals surface area contributed by atoms with Crippen molar-refractivity contribution in [1.29, 1.82) is 0 Å². The van der Waals surface area contributed by atoms with E-state index < -0.39 is 6.10 Å². The third-order valence-corrected chi connectivity index (χ3v) is 4.63. The monoisotopic (exact) mass is 306 g/mol. The number of rotatable bonds is 0. The standard InChI is InChI=1S/C14H11BrOS/c15-10-5-6-13-12(7-10)14(16)11-4-2-1-3-9(11)8-17-13/h1-7,14,16H,8H2. The van der Waals surface area contributed by atoms with Gasteiger partial charge in [0, 0.05) is 15.1 Å². The zero-order chi connectivity index (χ0) is 11.8. The van der Waals surface area contributed by atoms with Gasteiger partial charge in [-0.2, -0.15) is 0 Å². The smallest absolute Gasteiger partial charge is 0.105 e. The van der Waals surface area contributed by atoms with Gasteiger partial charge in [0.25, 0.3) is 0 Å². The maximum absolute atomic E-state index is 10.5. The maximum Gasteiger partial charge on any atom is 0.105 e. The first-order valence-electron chi connectivity index (χ1n) is 5.44. The first-order valence-corrected chi connectivity index (χ1v) is 7.21. The van der Waals surface area contributed by atoms with E-state index >= 15 is 0 Å². The van der Waals surface area contributed by atoms with Crippen molar-refractivity contribution in [3.63, 3.8) is 0 Å². The van der Waals surface area contributed by atoms with Crippen LogP contribution in [-0.4, -0.2) is 5.11 Å². The van der Waals surface area contributed by atoms with Gasteiger partial charge in [-0.25, -0.2) is 0 Å². The summed E-state index contributed by atoms with van der Waals surface area (Å²) < 4.78 is 1.01. The minimum absolute atomic E-state index is 0.520. The third kappa shape index (κ3) is 2.03. The van der Waals surface area contributed by atoms with Crippen molar-refractivity contribution < 1.29 is 5.11 Å². The predicted molar refractivity (Wildman–Crippen MR) is 74.2 cm³/mol. The molecule has 1 N–H and O–H groups in total. The van der Waals surface area contributed by atoms with Gasteiger partial charge in [0.05, 0.1) is 0 Å². The minimum atomic E-state index is -0.520. The highest BCUT2D eigenvalue weighted by atomic mass is 79.9. The van der Waals surface area contributed by atoms with Crippen molar-refractivity contribution in [2.24, 2.45) is 0 Å². The Balaban J connectivity index is 2.18. The van der Waals surface area contributed by atoms with Crippen molar-refractivity contribution in [1.82, 2.24) is 0 Å². The number of thioether (sulfide) groups is 1. The molecule has 86 valence electrons. The predicted octanol–water partition coefficient (Wildman–Crippen LogP) is 4.14. The van der Waals surface area contributed by atoms with Crippen LogP contribution >= 0.6 is 27.7 Å². The van der Waals surface area contributed by atoms with Gasteiger partial charge in [-0.15, -0.1) is 11.8 Å². The lowest BCUT2D eigenvalue weighted by molar-refractivity contribution is 0.217. The Kier molecular flexibility index (Phi) is 2.99. The highest BCUT2D eigenvalue weighted by Crippen LogP contribution is 2.40. The van der Waals surface area contributed by atoms with Crippen LogP contribution in [0.3, 0.4) is 0 Å². The van der Waals surface area contributed by atoms with Crippen LogP contribution in [-0.2, 0) is 5.75 Å². The van der Waals surface area contributed by atoms with Gasteiger partial charge in [-0.1, -0.05) is 40.2 Å². The summed E-state index contributed by atoms with van der Waals surface area (Å²) >= 11 is 5.25. The van der Waals surface area contributed by atoms with Gasteiger partial charge < -0.3 is 5.11 Å². The van der Waals surface area contributed by atoms with Crippen LogP contribution in [0.4, 0.5) is 0 Å². The van der Waals surface area contributed by atoms with Crippen molar-refractivity contribution in [3.05, 3.63) is 63.6 Å². The van der Waals surface area contributed by atoms with Crippen LogP contribution < -0.4 is 0 Å². The first-order chi connectivity index (χ1) is 8.25. The maximum atomic E-state index is 10.5. The molecule has 3 heteroatoms. The Morgan fingerprint density at radius 2 is 1.94 bits per heavy atom. The fraction of sp³-hybridized carbons (Fsp3) is 0.143. The largest absolute Gasteiger partial charge is 0.384 e. The van der Waals surface area contributed by atoms with E-state index in [4.69, 9.17) is 0 Å². The Labute approximate surface area is 113 Å². The molecule has 1 aliphatic heterocycles. The first kappa shape index (κ1) is 11.3. The molecule has 0 aliphatic carbocycles. The van der Waals surface area contributed by atoms with Crippen molar-refractivity contribution in [2.75, 3.05) is 0 Å². The summed E-state index contributed by atoms with van der Waals surface area (Å²) in [6, 6.07) is 14.2. The number of aliphatic hydroxyl groups is 1.